The summed E-state index contributed by atoms with van der Waals surface area (Å²) >= 11 is 6.01. The van der Waals surface area contributed by atoms with Crippen molar-refractivity contribution in [1.82, 2.24) is 0 Å². The molecule has 6 heavy (non-hydrogen) atoms. The minimum absolute atomic E-state index is 0.523. The van der Waals surface area contributed by atoms with Crippen molar-refractivity contribution in [3.8, 4) is 0 Å². The SMILES string of the molecule is SC1C=CSC1. The highest BCUT2D eigenvalue weighted by Gasteiger charge is 2.00. The summed E-state index contributed by atoms with van der Waals surface area (Å²) in [4.78, 5) is 0. The highest BCUT2D eigenvalue weighted by Crippen LogP contribution is 2.17. The van der Waals surface area contributed by atoms with E-state index in [1.54, 1.807) is 0 Å². The van der Waals surface area contributed by atoms with Crippen LogP contribution in [0.5, 0.6) is 0 Å². The highest BCUT2D eigenvalue weighted by atomic mass is 32.2. The molecule has 0 aromatic rings. The van der Waals surface area contributed by atoms with Crippen LogP contribution in [-0.4, -0.2) is 11.0 Å². The van der Waals surface area contributed by atoms with Crippen molar-refractivity contribution < 1.29 is 0 Å². The third-order valence-electron chi connectivity index (χ3n) is 0.664. The minimum Gasteiger partial charge on any atom is -0.171 e. The van der Waals surface area contributed by atoms with Crippen LogP contribution in [0.15, 0.2) is 11.5 Å². The number of hydrogen-bond donors (Lipinski definition) is 1. The molecule has 0 nitrogen and oxygen atoms in total. The number of thioether (sulfide) groups is 1. The lowest BCUT2D eigenvalue weighted by Crippen LogP contribution is -1.88. The topological polar surface area (TPSA) is 0 Å². The Labute approximate surface area is 47.4 Å². The van der Waals surface area contributed by atoms with Gasteiger partial charge in [0.05, 0.1) is 0 Å². The molecule has 0 bridgehead atoms. The van der Waals surface area contributed by atoms with Crippen LogP contribution < -0.4 is 0 Å². The predicted octanol–water partition coefficient (Wildman–Crippen LogP) is 1.55. The van der Waals surface area contributed by atoms with E-state index in [0.717, 1.165) is 5.75 Å². The lowest BCUT2D eigenvalue weighted by atomic mass is 10.5. The Hall–Kier alpha value is 0.440. The molecule has 1 aliphatic rings. The van der Waals surface area contributed by atoms with E-state index in [9.17, 15) is 0 Å². The zero-order chi connectivity index (χ0) is 4.41. The minimum atomic E-state index is 0.523. The van der Waals surface area contributed by atoms with Gasteiger partial charge in [-0.15, -0.1) is 11.8 Å². The van der Waals surface area contributed by atoms with Crippen LogP contribution in [0, 0.1) is 0 Å². The molecule has 34 valence electrons. The van der Waals surface area contributed by atoms with Gasteiger partial charge in [0.2, 0.25) is 0 Å². The van der Waals surface area contributed by atoms with E-state index in [1.165, 1.54) is 0 Å². The van der Waals surface area contributed by atoms with E-state index in [-0.39, 0.29) is 0 Å². The molecule has 0 amide bonds. The molecule has 0 saturated carbocycles. The maximum atomic E-state index is 4.18. The monoisotopic (exact) mass is 118 g/mol. The Bertz CT molecular complexity index is 67.9. The average Bonchev–Trinajstić information content (AvgIpc) is 1.86. The molecular formula is C4H6S2. The predicted molar refractivity (Wildman–Crippen MR) is 34.4 cm³/mol. The van der Waals surface area contributed by atoms with Gasteiger partial charge in [-0.05, 0) is 5.41 Å². The van der Waals surface area contributed by atoms with Crippen molar-refractivity contribution in [3.63, 3.8) is 0 Å². The molecular weight excluding hydrogens is 112 g/mol. The molecule has 0 saturated heterocycles. The lowest BCUT2D eigenvalue weighted by Gasteiger charge is -1.87. The van der Waals surface area contributed by atoms with Gasteiger partial charge in [-0.2, -0.15) is 12.6 Å². The number of thiol groups is 1. The second-order valence-electron chi connectivity index (χ2n) is 1.23. The Morgan fingerprint density at radius 2 is 2.67 bits per heavy atom. The van der Waals surface area contributed by atoms with Crippen LogP contribution in [0.3, 0.4) is 0 Å². The molecule has 1 heterocycles. The number of hydrogen-bond acceptors (Lipinski definition) is 2. The van der Waals surface area contributed by atoms with E-state index in [0.29, 0.717) is 5.25 Å². The summed E-state index contributed by atoms with van der Waals surface area (Å²) in [5.41, 5.74) is 0. The Kier molecular flexibility index (Phi) is 1.48. The van der Waals surface area contributed by atoms with Gasteiger partial charge < -0.3 is 0 Å². The third-order valence-corrected chi connectivity index (χ3v) is 2.17. The average molecular weight is 118 g/mol. The summed E-state index contributed by atoms with van der Waals surface area (Å²) in [6.45, 7) is 0. The van der Waals surface area contributed by atoms with Gasteiger partial charge in [-0.25, -0.2) is 0 Å². The van der Waals surface area contributed by atoms with E-state index < -0.39 is 0 Å². The largest absolute Gasteiger partial charge is 0.171 e. The van der Waals surface area contributed by atoms with Crippen molar-refractivity contribution in [1.29, 1.82) is 0 Å². The molecule has 2 heteroatoms. The summed E-state index contributed by atoms with van der Waals surface area (Å²) in [6, 6.07) is 0. The fourth-order valence-electron chi connectivity index (χ4n) is 0.356. The molecule has 0 fully saturated rings. The van der Waals surface area contributed by atoms with Crippen LogP contribution in [0.25, 0.3) is 0 Å². The first-order valence-electron chi connectivity index (χ1n) is 1.86. The standard InChI is InChI=1S/C4H6S2/c5-4-1-2-6-3-4/h1-2,4-5H,3H2. The quantitative estimate of drug-likeness (QED) is 0.471. The fourth-order valence-corrected chi connectivity index (χ4v) is 1.54. The molecule has 0 aromatic heterocycles. The van der Waals surface area contributed by atoms with Crippen molar-refractivity contribution in [2.75, 3.05) is 5.75 Å². The van der Waals surface area contributed by atoms with Gasteiger partial charge in [0, 0.05) is 11.0 Å². The van der Waals surface area contributed by atoms with Crippen molar-refractivity contribution >= 4 is 24.4 Å². The maximum absolute atomic E-state index is 4.18. The Balaban J connectivity index is 2.38. The number of rotatable bonds is 0. The van der Waals surface area contributed by atoms with Crippen molar-refractivity contribution in [2.24, 2.45) is 0 Å². The molecule has 0 radical (unpaired) electrons. The fraction of sp³-hybridized carbons (Fsp3) is 0.500. The van der Waals surface area contributed by atoms with Crippen LogP contribution in [0.2, 0.25) is 0 Å². The smallest absolute Gasteiger partial charge is 0.0298 e. The zero-order valence-corrected chi connectivity index (χ0v) is 5.01. The van der Waals surface area contributed by atoms with Gasteiger partial charge in [0.1, 0.15) is 0 Å². The van der Waals surface area contributed by atoms with Gasteiger partial charge in [-0.3, -0.25) is 0 Å². The lowest BCUT2D eigenvalue weighted by molar-refractivity contribution is 1.31. The Morgan fingerprint density at radius 3 is 2.83 bits per heavy atom. The van der Waals surface area contributed by atoms with E-state index in [4.69, 9.17) is 0 Å². The summed E-state index contributed by atoms with van der Waals surface area (Å²) in [5.74, 6) is 1.16. The summed E-state index contributed by atoms with van der Waals surface area (Å²) in [7, 11) is 0. The summed E-state index contributed by atoms with van der Waals surface area (Å²) in [5, 5.41) is 2.62. The van der Waals surface area contributed by atoms with Crippen LogP contribution in [-0.2, 0) is 0 Å². The molecule has 0 aromatic carbocycles. The van der Waals surface area contributed by atoms with Gasteiger partial charge in [-0.1, -0.05) is 6.08 Å². The molecule has 1 aliphatic heterocycles. The van der Waals surface area contributed by atoms with Gasteiger partial charge in [0.15, 0.2) is 0 Å². The molecule has 0 N–H and O–H groups in total. The first-order chi connectivity index (χ1) is 2.89. The van der Waals surface area contributed by atoms with Crippen LogP contribution in [0.1, 0.15) is 0 Å². The second kappa shape index (κ2) is 1.94. The molecule has 0 aliphatic carbocycles. The molecule has 1 rings (SSSR count). The normalized spacial score (nSPS) is 31.8. The van der Waals surface area contributed by atoms with Gasteiger partial charge >= 0.3 is 0 Å². The summed E-state index contributed by atoms with van der Waals surface area (Å²) in [6.07, 6.45) is 2.10. The molecule has 1 atom stereocenters. The first kappa shape index (κ1) is 4.60. The van der Waals surface area contributed by atoms with Gasteiger partial charge in [0.25, 0.3) is 0 Å². The highest BCUT2D eigenvalue weighted by molar-refractivity contribution is 8.03. The van der Waals surface area contributed by atoms with Crippen molar-refractivity contribution in [3.05, 3.63) is 11.5 Å². The first-order valence-corrected chi connectivity index (χ1v) is 3.42. The second-order valence-corrected chi connectivity index (χ2v) is 2.83. The van der Waals surface area contributed by atoms with Crippen molar-refractivity contribution in [2.45, 2.75) is 5.25 Å². The van der Waals surface area contributed by atoms with Crippen LogP contribution >= 0.6 is 24.4 Å². The van der Waals surface area contributed by atoms with Crippen LogP contribution in [0.4, 0.5) is 0 Å². The van der Waals surface area contributed by atoms with E-state index in [2.05, 4.69) is 24.1 Å². The third kappa shape index (κ3) is 0.949. The molecule has 0 spiro atoms. The zero-order valence-electron chi connectivity index (χ0n) is 3.29. The maximum Gasteiger partial charge on any atom is 0.0298 e. The summed E-state index contributed by atoms with van der Waals surface area (Å²) < 4.78 is 0. The van der Waals surface area contributed by atoms with E-state index in [1.807, 2.05) is 11.8 Å². The molecule has 1 unspecified atom stereocenters. The van der Waals surface area contributed by atoms with E-state index >= 15 is 0 Å². The Morgan fingerprint density at radius 1 is 1.83 bits per heavy atom.